The smallest absolute Gasteiger partial charge is 0.109 e. The van der Waals surface area contributed by atoms with Crippen LogP contribution in [0.2, 0.25) is 0 Å². The van der Waals surface area contributed by atoms with Crippen molar-refractivity contribution >= 4 is 11.3 Å². The van der Waals surface area contributed by atoms with Gasteiger partial charge in [0.2, 0.25) is 0 Å². The zero-order chi connectivity index (χ0) is 9.68. The molecule has 2 atom stereocenters. The van der Waals surface area contributed by atoms with Crippen molar-refractivity contribution in [2.75, 3.05) is 6.54 Å². The molecule has 0 radical (unpaired) electrons. The summed E-state index contributed by atoms with van der Waals surface area (Å²) in [5.74, 6) is 0. The Morgan fingerprint density at radius 3 is 2.92 bits per heavy atom. The Morgan fingerprint density at radius 2 is 2.38 bits per heavy atom. The maximum Gasteiger partial charge on any atom is 0.109 e. The molecule has 0 amide bonds. The van der Waals surface area contributed by atoms with E-state index in [1.807, 2.05) is 11.6 Å². The highest BCUT2D eigenvalue weighted by atomic mass is 32.1. The molecular weight excluding hydrogens is 184 g/mol. The minimum atomic E-state index is -0.226. The molecule has 0 bridgehead atoms. The molecule has 74 valence electrons. The lowest BCUT2D eigenvalue weighted by Crippen LogP contribution is -2.22. The van der Waals surface area contributed by atoms with Crippen LogP contribution >= 0.6 is 11.3 Å². The first-order valence-electron chi connectivity index (χ1n) is 4.51. The molecule has 0 fully saturated rings. The van der Waals surface area contributed by atoms with Crippen LogP contribution in [0.15, 0.2) is 11.6 Å². The standard InChI is InChI=1S/C9H16N2OS/c1-7(12)3-4-10-8(2)9-11-5-6-13-9/h5-8,10,12H,3-4H2,1-2H3. The maximum atomic E-state index is 9.04. The van der Waals surface area contributed by atoms with E-state index in [0.717, 1.165) is 18.0 Å². The second-order valence-electron chi connectivity index (χ2n) is 3.18. The third-order valence-electron chi connectivity index (χ3n) is 1.83. The van der Waals surface area contributed by atoms with E-state index >= 15 is 0 Å². The molecule has 0 aliphatic rings. The SMILES string of the molecule is CC(O)CCNC(C)c1nccs1. The molecule has 2 N–H and O–H groups in total. The first-order valence-corrected chi connectivity index (χ1v) is 5.39. The molecule has 1 rings (SSSR count). The number of nitrogens with one attached hydrogen (secondary N) is 1. The molecule has 13 heavy (non-hydrogen) atoms. The van der Waals surface area contributed by atoms with Crippen molar-refractivity contribution in [3.05, 3.63) is 16.6 Å². The Balaban J connectivity index is 2.22. The molecule has 0 saturated carbocycles. The van der Waals surface area contributed by atoms with E-state index in [1.165, 1.54) is 0 Å². The number of aromatic nitrogens is 1. The largest absolute Gasteiger partial charge is 0.393 e. The van der Waals surface area contributed by atoms with E-state index in [-0.39, 0.29) is 6.10 Å². The highest BCUT2D eigenvalue weighted by molar-refractivity contribution is 7.09. The zero-order valence-corrected chi connectivity index (χ0v) is 8.84. The lowest BCUT2D eigenvalue weighted by Gasteiger charge is -2.11. The molecule has 1 heterocycles. The van der Waals surface area contributed by atoms with Crippen LogP contribution in [0.5, 0.6) is 0 Å². The van der Waals surface area contributed by atoms with Gasteiger partial charge in [-0.05, 0) is 26.8 Å². The molecule has 3 nitrogen and oxygen atoms in total. The number of aliphatic hydroxyl groups excluding tert-OH is 1. The Morgan fingerprint density at radius 1 is 1.62 bits per heavy atom. The van der Waals surface area contributed by atoms with E-state index in [2.05, 4.69) is 17.2 Å². The average Bonchev–Trinajstić information content (AvgIpc) is 2.55. The quantitative estimate of drug-likeness (QED) is 0.758. The predicted molar refractivity (Wildman–Crippen MR) is 54.8 cm³/mol. The number of rotatable bonds is 5. The number of aliphatic hydroxyl groups is 1. The average molecular weight is 200 g/mol. The van der Waals surface area contributed by atoms with Gasteiger partial charge in [0.1, 0.15) is 5.01 Å². The Kier molecular flexibility index (Phi) is 4.35. The summed E-state index contributed by atoms with van der Waals surface area (Å²) in [5.41, 5.74) is 0. The van der Waals surface area contributed by atoms with Crippen LogP contribution < -0.4 is 5.32 Å². The summed E-state index contributed by atoms with van der Waals surface area (Å²) in [5, 5.41) is 15.4. The summed E-state index contributed by atoms with van der Waals surface area (Å²) >= 11 is 1.65. The van der Waals surface area contributed by atoms with E-state index in [0.29, 0.717) is 6.04 Å². The van der Waals surface area contributed by atoms with Gasteiger partial charge in [0.25, 0.3) is 0 Å². The molecule has 1 aromatic heterocycles. The van der Waals surface area contributed by atoms with Crippen molar-refractivity contribution in [2.24, 2.45) is 0 Å². The van der Waals surface area contributed by atoms with Crippen molar-refractivity contribution in [1.82, 2.24) is 10.3 Å². The van der Waals surface area contributed by atoms with Crippen molar-refractivity contribution in [1.29, 1.82) is 0 Å². The van der Waals surface area contributed by atoms with E-state index in [9.17, 15) is 0 Å². The van der Waals surface area contributed by atoms with Crippen molar-refractivity contribution in [2.45, 2.75) is 32.4 Å². The first kappa shape index (κ1) is 10.6. The van der Waals surface area contributed by atoms with E-state index in [4.69, 9.17) is 5.11 Å². The lowest BCUT2D eigenvalue weighted by atomic mass is 10.2. The topological polar surface area (TPSA) is 45.1 Å². The molecule has 0 aliphatic heterocycles. The van der Waals surface area contributed by atoms with Crippen LogP contribution in [0, 0.1) is 0 Å². The normalized spacial score (nSPS) is 15.6. The third kappa shape index (κ3) is 3.85. The van der Waals surface area contributed by atoms with Gasteiger partial charge in [-0.1, -0.05) is 0 Å². The van der Waals surface area contributed by atoms with Gasteiger partial charge in [0.15, 0.2) is 0 Å². The van der Waals surface area contributed by atoms with Gasteiger partial charge in [-0.2, -0.15) is 0 Å². The molecular formula is C9H16N2OS. The van der Waals surface area contributed by atoms with E-state index < -0.39 is 0 Å². The number of thiazole rings is 1. The first-order chi connectivity index (χ1) is 6.20. The van der Waals surface area contributed by atoms with Gasteiger partial charge < -0.3 is 10.4 Å². The number of hydrogen-bond donors (Lipinski definition) is 2. The minimum Gasteiger partial charge on any atom is -0.393 e. The van der Waals surface area contributed by atoms with Crippen LogP contribution in [0.4, 0.5) is 0 Å². The van der Waals surface area contributed by atoms with Crippen molar-refractivity contribution in [3.63, 3.8) is 0 Å². The van der Waals surface area contributed by atoms with Gasteiger partial charge in [0.05, 0.1) is 12.1 Å². The van der Waals surface area contributed by atoms with Crippen LogP contribution in [-0.2, 0) is 0 Å². The predicted octanol–water partition coefficient (Wildman–Crippen LogP) is 1.56. The van der Waals surface area contributed by atoms with Crippen LogP contribution in [0.25, 0.3) is 0 Å². The Labute approximate surface area is 82.8 Å². The second kappa shape index (κ2) is 5.32. The van der Waals surface area contributed by atoms with Gasteiger partial charge >= 0.3 is 0 Å². The molecule has 0 aromatic carbocycles. The second-order valence-corrected chi connectivity index (χ2v) is 4.11. The molecule has 0 aliphatic carbocycles. The molecule has 0 spiro atoms. The fourth-order valence-corrected chi connectivity index (χ4v) is 1.71. The number of hydrogen-bond acceptors (Lipinski definition) is 4. The summed E-state index contributed by atoms with van der Waals surface area (Å²) in [6.45, 7) is 4.72. The van der Waals surface area contributed by atoms with Crippen molar-refractivity contribution in [3.8, 4) is 0 Å². The fraction of sp³-hybridized carbons (Fsp3) is 0.667. The van der Waals surface area contributed by atoms with Gasteiger partial charge in [-0.3, -0.25) is 0 Å². The summed E-state index contributed by atoms with van der Waals surface area (Å²) in [4.78, 5) is 4.21. The molecule has 0 saturated heterocycles. The highest BCUT2D eigenvalue weighted by Gasteiger charge is 2.06. The minimum absolute atomic E-state index is 0.226. The van der Waals surface area contributed by atoms with Crippen LogP contribution in [-0.4, -0.2) is 22.7 Å². The van der Waals surface area contributed by atoms with Gasteiger partial charge in [-0.25, -0.2) is 4.98 Å². The molecule has 2 unspecified atom stereocenters. The lowest BCUT2D eigenvalue weighted by molar-refractivity contribution is 0.182. The summed E-state index contributed by atoms with van der Waals surface area (Å²) in [7, 11) is 0. The van der Waals surface area contributed by atoms with Crippen LogP contribution in [0.1, 0.15) is 31.3 Å². The summed E-state index contributed by atoms with van der Waals surface area (Å²) < 4.78 is 0. The number of nitrogens with zero attached hydrogens (tertiary/aromatic N) is 1. The Hall–Kier alpha value is -0.450. The van der Waals surface area contributed by atoms with Gasteiger partial charge in [-0.15, -0.1) is 11.3 Å². The van der Waals surface area contributed by atoms with Gasteiger partial charge in [0, 0.05) is 11.6 Å². The summed E-state index contributed by atoms with van der Waals surface area (Å²) in [6.07, 6.45) is 2.37. The summed E-state index contributed by atoms with van der Waals surface area (Å²) in [6, 6.07) is 0.291. The molecule has 4 heteroatoms. The zero-order valence-electron chi connectivity index (χ0n) is 8.03. The Bertz CT molecular complexity index is 224. The fourth-order valence-electron chi connectivity index (χ4n) is 1.04. The van der Waals surface area contributed by atoms with Crippen LogP contribution in [0.3, 0.4) is 0 Å². The maximum absolute atomic E-state index is 9.04. The monoisotopic (exact) mass is 200 g/mol. The van der Waals surface area contributed by atoms with E-state index in [1.54, 1.807) is 18.3 Å². The third-order valence-corrected chi connectivity index (χ3v) is 2.79. The highest BCUT2D eigenvalue weighted by Crippen LogP contribution is 2.14. The molecule has 1 aromatic rings. The van der Waals surface area contributed by atoms with Crippen molar-refractivity contribution < 1.29 is 5.11 Å².